The fraction of sp³-hybridized carbons (Fsp3) is 0.571. The van der Waals surface area contributed by atoms with Crippen LogP contribution in [0.5, 0.6) is 0 Å². The van der Waals surface area contributed by atoms with Crippen LogP contribution in [-0.4, -0.2) is 39.4 Å². The summed E-state index contributed by atoms with van der Waals surface area (Å²) in [6.45, 7) is 3.03. The molecule has 0 spiro atoms. The van der Waals surface area contributed by atoms with Gasteiger partial charge in [-0.2, -0.15) is 0 Å². The molecule has 1 unspecified atom stereocenters. The SMILES string of the molecule is CC1CCCCN1c1ccc(N)cc1S(=O)(=O)N(C)C. The molecule has 0 aromatic heterocycles. The monoisotopic (exact) mass is 297 g/mol. The zero-order valence-corrected chi connectivity index (χ0v) is 13.2. The van der Waals surface area contributed by atoms with E-state index in [9.17, 15) is 8.42 Å². The summed E-state index contributed by atoms with van der Waals surface area (Å²) in [4.78, 5) is 2.48. The zero-order valence-electron chi connectivity index (χ0n) is 12.3. The van der Waals surface area contributed by atoms with Crippen molar-refractivity contribution in [1.29, 1.82) is 0 Å². The highest BCUT2D eigenvalue weighted by molar-refractivity contribution is 7.89. The second kappa shape index (κ2) is 5.61. The van der Waals surface area contributed by atoms with Gasteiger partial charge in [0, 0.05) is 32.4 Å². The highest BCUT2D eigenvalue weighted by atomic mass is 32.2. The number of nitrogens with two attached hydrogens (primary N) is 1. The van der Waals surface area contributed by atoms with E-state index in [-0.39, 0.29) is 0 Å². The van der Waals surface area contributed by atoms with Crippen LogP contribution in [0.4, 0.5) is 11.4 Å². The van der Waals surface area contributed by atoms with Crippen LogP contribution in [0.2, 0.25) is 0 Å². The Hall–Kier alpha value is -1.27. The summed E-state index contributed by atoms with van der Waals surface area (Å²) in [7, 11) is -0.404. The van der Waals surface area contributed by atoms with Crippen LogP contribution in [0.15, 0.2) is 23.1 Å². The number of sulfonamides is 1. The molecular formula is C14H23N3O2S. The normalized spacial score (nSPS) is 20.4. The molecule has 6 heteroatoms. The van der Waals surface area contributed by atoms with E-state index in [1.165, 1.54) is 10.7 Å². The molecule has 0 bridgehead atoms. The lowest BCUT2D eigenvalue weighted by molar-refractivity contribution is 0.480. The van der Waals surface area contributed by atoms with Crippen LogP contribution in [0.3, 0.4) is 0 Å². The van der Waals surface area contributed by atoms with Crippen molar-refractivity contribution in [2.24, 2.45) is 0 Å². The summed E-state index contributed by atoms with van der Waals surface area (Å²) in [5.74, 6) is 0. The average molecular weight is 297 g/mol. The largest absolute Gasteiger partial charge is 0.399 e. The van der Waals surface area contributed by atoms with E-state index in [1.807, 2.05) is 6.07 Å². The Balaban J connectivity index is 2.54. The molecule has 20 heavy (non-hydrogen) atoms. The number of nitrogens with zero attached hydrogens (tertiary/aromatic N) is 2. The van der Waals surface area contributed by atoms with Crippen LogP contribution in [0.25, 0.3) is 0 Å². The molecule has 1 saturated heterocycles. The summed E-state index contributed by atoms with van der Waals surface area (Å²) in [5.41, 5.74) is 7.02. The van der Waals surface area contributed by atoms with E-state index in [4.69, 9.17) is 5.73 Å². The van der Waals surface area contributed by atoms with Crippen molar-refractivity contribution in [1.82, 2.24) is 4.31 Å². The van der Waals surface area contributed by atoms with Gasteiger partial charge in [-0.25, -0.2) is 12.7 Å². The van der Waals surface area contributed by atoms with Gasteiger partial charge in [0.05, 0.1) is 5.69 Å². The molecule has 1 aromatic carbocycles. The van der Waals surface area contributed by atoms with Gasteiger partial charge in [0.25, 0.3) is 0 Å². The fourth-order valence-corrected chi connectivity index (χ4v) is 3.76. The van der Waals surface area contributed by atoms with Crippen LogP contribution >= 0.6 is 0 Å². The first-order valence-electron chi connectivity index (χ1n) is 6.92. The van der Waals surface area contributed by atoms with E-state index >= 15 is 0 Å². The molecule has 1 atom stereocenters. The lowest BCUT2D eigenvalue weighted by Crippen LogP contribution is -2.38. The minimum Gasteiger partial charge on any atom is -0.399 e. The molecule has 1 aliphatic heterocycles. The number of hydrogen-bond donors (Lipinski definition) is 1. The molecular weight excluding hydrogens is 274 g/mol. The van der Waals surface area contributed by atoms with E-state index in [2.05, 4.69) is 11.8 Å². The maximum Gasteiger partial charge on any atom is 0.244 e. The highest BCUT2D eigenvalue weighted by Crippen LogP contribution is 2.33. The predicted molar refractivity (Wildman–Crippen MR) is 82.4 cm³/mol. The Kier molecular flexibility index (Phi) is 4.25. The molecule has 0 amide bonds. The van der Waals surface area contributed by atoms with Crippen molar-refractivity contribution in [3.63, 3.8) is 0 Å². The number of anilines is 2. The van der Waals surface area contributed by atoms with Crippen molar-refractivity contribution >= 4 is 21.4 Å². The number of hydrogen-bond acceptors (Lipinski definition) is 4. The van der Waals surface area contributed by atoms with E-state index < -0.39 is 10.0 Å². The Morgan fingerprint density at radius 2 is 2.00 bits per heavy atom. The molecule has 1 aliphatic rings. The second-order valence-corrected chi connectivity index (χ2v) is 7.67. The standard InChI is InChI=1S/C14H23N3O2S/c1-11-6-4-5-9-17(11)13-8-7-12(15)10-14(13)20(18,19)16(2)3/h7-8,10-11H,4-6,9,15H2,1-3H3. The van der Waals surface area contributed by atoms with Gasteiger partial charge in [0.2, 0.25) is 10.0 Å². The minimum atomic E-state index is -3.49. The van der Waals surface area contributed by atoms with Crippen molar-refractivity contribution in [3.8, 4) is 0 Å². The van der Waals surface area contributed by atoms with Crippen molar-refractivity contribution < 1.29 is 8.42 Å². The van der Waals surface area contributed by atoms with Gasteiger partial charge in [-0.3, -0.25) is 0 Å². The Morgan fingerprint density at radius 1 is 1.30 bits per heavy atom. The van der Waals surface area contributed by atoms with Gasteiger partial charge in [-0.1, -0.05) is 0 Å². The lowest BCUT2D eigenvalue weighted by atomic mass is 10.0. The molecule has 0 radical (unpaired) electrons. The second-order valence-electron chi connectivity index (χ2n) is 5.55. The van der Waals surface area contributed by atoms with Crippen molar-refractivity contribution in [2.45, 2.75) is 37.1 Å². The first-order chi connectivity index (χ1) is 9.34. The summed E-state index contributed by atoms with van der Waals surface area (Å²) in [5, 5.41) is 0. The van der Waals surface area contributed by atoms with Crippen LogP contribution in [0.1, 0.15) is 26.2 Å². The number of benzene rings is 1. The molecule has 1 heterocycles. The molecule has 2 N–H and O–H groups in total. The summed E-state index contributed by atoms with van der Waals surface area (Å²) in [6.07, 6.45) is 3.38. The fourth-order valence-electron chi connectivity index (χ4n) is 2.63. The van der Waals surface area contributed by atoms with E-state index in [0.717, 1.165) is 25.1 Å². The van der Waals surface area contributed by atoms with Gasteiger partial charge < -0.3 is 10.6 Å². The lowest BCUT2D eigenvalue weighted by Gasteiger charge is -2.36. The third-order valence-corrected chi connectivity index (χ3v) is 5.70. The van der Waals surface area contributed by atoms with Gasteiger partial charge >= 0.3 is 0 Å². The van der Waals surface area contributed by atoms with Gasteiger partial charge in [-0.05, 0) is 44.4 Å². The maximum atomic E-state index is 12.5. The van der Waals surface area contributed by atoms with E-state index in [0.29, 0.717) is 16.6 Å². The molecule has 1 fully saturated rings. The smallest absolute Gasteiger partial charge is 0.244 e. The van der Waals surface area contributed by atoms with Gasteiger partial charge in [-0.15, -0.1) is 0 Å². The summed E-state index contributed by atoms with van der Waals surface area (Å²) >= 11 is 0. The molecule has 112 valence electrons. The topological polar surface area (TPSA) is 66.6 Å². The van der Waals surface area contributed by atoms with Crippen LogP contribution < -0.4 is 10.6 Å². The molecule has 1 aromatic rings. The first-order valence-corrected chi connectivity index (χ1v) is 8.36. The molecule has 0 aliphatic carbocycles. The first kappa shape index (κ1) is 15.1. The molecule has 0 saturated carbocycles. The quantitative estimate of drug-likeness (QED) is 0.865. The third-order valence-electron chi connectivity index (χ3n) is 3.85. The van der Waals surface area contributed by atoms with E-state index in [1.54, 1.807) is 26.2 Å². The number of nitrogen functional groups attached to an aromatic ring is 1. The Morgan fingerprint density at radius 3 is 2.60 bits per heavy atom. The van der Waals surface area contributed by atoms with Crippen LogP contribution in [-0.2, 0) is 10.0 Å². The van der Waals surface area contributed by atoms with Crippen molar-refractivity contribution in [2.75, 3.05) is 31.3 Å². The Labute approximate surface area is 121 Å². The average Bonchev–Trinajstić information content (AvgIpc) is 2.39. The van der Waals surface area contributed by atoms with Gasteiger partial charge in [0.1, 0.15) is 4.90 Å². The van der Waals surface area contributed by atoms with Crippen molar-refractivity contribution in [3.05, 3.63) is 18.2 Å². The molecule has 2 rings (SSSR count). The van der Waals surface area contributed by atoms with Crippen LogP contribution in [0, 0.1) is 0 Å². The minimum absolute atomic E-state index is 0.302. The number of piperidine rings is 1. The summed E-state index contributed by atoms with van der Waals surface area (Å²) in [6, 6.07) is 5.51. The van der Waals surface area contributed by atoms with Gasteiger partial charge in [0.15, 0.2) is 0 Å². The molecule has 5 nitrogen and oxygen atoms in total. The maximum absolute atomic E-state index is 12.5. The number of rotatable bonds is 3. The third kappa shape index (κ3) is 2.76. The summed E-state index contributed by atoms with van der Waals surface area (Å²) < 4.78 is 26.2. The highest BCUT2D eigenvalue weighted by Gasteiger charge is 2.27. The zero-order chi connectivity index (χ0) is 14.9. The predicted octanol–water partition coefficient (Wildman–Crippen LogP) is 1.90. The Bertz CT molecular complexity index is 584.